The highest BCUT2D eigenvalue weighted by Crippen LogP contribution is 2.40. The summed E-state index contributed by atoms with van der Waals surface area (Å²) in [5, 5.41) is 15.5. The van der Waals surface area contributed by atoms with Crippen molar-refractivity contribution in [1.29, 1.82) is 0 Å². The summed E-state index contributed by atoms with van der Waals surface area (Å²) in [6, 6.07) is 13.1. The minimum atomic E-state index is -1.26. The van der Waals surface area contributed by atoms with Crippen molar-refractivity contribution >= 4 is 17.4 Å². The number of carboxylic acid groups (broad SMARTS) is 1. The number of ether oxygens (including phenoxy) is 3. The van der Waals surface area contributed by atoms with Gasteiger partial charge in [0.05, 0.1) is 29.1 Å². The number of aromatic nitrogens is 3. The predicted octanol–water partition coefficient (Wildman–Crippen LogP) is 7.47. The number of benzene rings is 2. The second-order valence-electron chi connectivity index (χ2n) is 13.9. The molecule has 47 heavy (non-hydrogen) atoms. The van der Waals surface area contributed by atoms with Gasteiger partial charge in [-0.2, -0.15) is 9.61 Å². The zero-order valence-electron chi connectivity index (χ0n) is 28.1. The first-order valence-corrected chi connectivity index (χ1v) is 16.2. The van der Waals surface area contributed by atoms with E-state index in [1.165, 1.54) is 6.07 Å². The average molecular weight is 643 g/mol. The van der Waals surface area contributed by atoms with Crippen LogP contribution in [0.1, 0.15) is 70.4 Å². The molecule has 4 aromatic rings. The van der Waals surface area contributed by atoms with Gasteiger partial charge in [-0.3, -0.25) is 0 Å². The Bertz CT molecular complexity index is 1850. The summed E-state index contributed by atoms with van der Waals surface area (Å²) in [6.07, 6.45) is 3.58. The lowest BCUT2D eigenvalue weighted by Gasteiger charge is -2.41. The van der Waals surface area contributed by atoms with Gasteiger partial charge >= 0.3 is 5.97 Å². The molecule has 0 saturated carbocycles. The zero-order chi connectivity index (χ0) is 33.7. The van der Waals surface area contributed by atoms with Gasteiger partial charge in [-0.1, -0.05) is 24.3 Å². The number of hydrogen-bond donors (Lipinski definition) is 1. The fourth-order valence-corrected chi connectivity index (χ4v) is 6.42. The molecule has 0 radical (unpaired) electrons. The van der Waals surface area contributed by atoms with E-state index in [1.54, 1.807) is 4.52 Å². The van der Waals surface area contributed by atoms with Crippen LogP contribution in [0.25, 0.3) is 28.0 Å². The number of carboxylic acids is 1. The number of halogens is 1. The lowest BCUT2D eigenvalue weighted by atomic mass is 9.92. The molecule has 248 valence electrons. The van der Waals surface area contributed by atoms with Crippen LogP contribution < -0.4 is 9.64 Å². The predicted molar refractivity (Wildman–Crippen MR) is 180 cm³/mol. The van der Waals surface area contributed by atoms with E-state index in [0.717, 1.165) is 16.7 Å². The average Bonchev–Trinajstić information content (AvgIpc) is 3.42. The van der Waals surface area contributed by atoms with Crippen LogP contribution in [0, 0.1) is 19.7 Å². The standard InChI is InChI=1S/C37H43FN4O5/c1-22-18-27-25-11-8-12-26(20-25)29-21-30-39-24(3)31(33(35(43)44)47-36(4,5)6)34(42(30)40-29)41-15-13-37(7,14-16-41)45-17-9-10-23(2)46-32(27)28(38)19-22/h8-12,18-21,23,33H,13-17H2,1-7H3,(H,43,44)/b10-9-/t23-,33-/m0/s1. The van der Waals surface area contributed by atoms with Gasteiger partial charge in [0.1, 0.15) is 11.9 Å². The Balaban J connectivity index is 1.58. The third kappa shape index (κ3) is 6.75. The van der Waals surface area contributed by atoms with Crippen LogP contribution in [0.2, 0.25) is 0 Å². The minimum Gasteiger partial charge on any atom is -0.483 e. The van der Waals surface area contributed by atoms with Crippen LogP contribution in [0.15, 0.2) is 54.6 Å². The number of anilines is 1. The topological polar surface area (TPSA) is 98.4 Å². The van der Waals surface area contributed by atoms with Crippen LogP contribution in [0.4, 0.5) is 10.2 Å². The van der Waals surface area contributed by atoms with Crippen molar-refractivity contribution in [2.75, 3.05) is 24.6 Å². The van der Waals surface area contributed by atoms with Crippen molar-refractivity contribution in [2.45, 2.75) is 84.7 Å². The lowest BCUT2D eigenvalue weighted by molar-refractivity contribution is -0.160. The Hall–Kier alpha value is -4.28. The zero-order valence-corrected chi connectivity index (χ0v) is 28.1. The molecule has 10 heteroatoms. The smallest absolute Gasteiger partial charge is 0.337 e. The van der Waals surface area contributed by atoms with E-state index in [4.69, 9.17) is 24.3 Å². The van der Waals surface area contributed by atoms with Crippen LogP contribution in [0.5, 0.6) is 5.75 Å². The summed E-state index contributed by atoms with van der Waals surface area (Å²) in [5.41, 5.74) is 4.15. The number of piperidine rings is 1. The first-order valence-electron chi connectivity index (χ1n) is 16.2. The molecular weight excluding hydrogens is 599 g/mol. The Morgan fingerprint density at radius 1 is 1.13 bits per heavy atom. The lowest BCUT2D eigenvalue weighted by Crippen LogP contribution is -2.45. The van der Waals surface area contributed by atoms with Gasteiger partial charge in [-0.05, 0) is 96.7 Å². The Labute approximate surface area is 275 Å². The van der Waals surface area contributed by atoms with E-state index in [2.05, 4.69) is 11.8 Å². The van der Waals surface area contributed by atoms with Gasteiger partial charge in [0.15, 0.2) is 23.3 Å². The Kier molecular flexibility index (Phi) is 8.61. The number of aliphatic carboxylic acids is 1. The number of carbonyl (C=O) groups is 1. The van der Waals surface area contributed by atoms with Gasteiger partial charge in [0.2, 0.25) is 0 Å². The monoisotopic (exact) mass is 642 g/mol. The van der Waals surface area contributed by atoms with Crippen LogP contribution in [-0.2, 0) is 14.3 Å². The normalized spacial score (nSPS) is 21.4. The maximum atomic E-state index is 15.5. The maximum absolute atomic E-state index is 15.5. The van der Waals surface area contributed by atoms with Crippen LogP contribution in [0.3, 0.4) is 0 Å². The van der Waals surface area contributed by atoms with E-state index >= 15 is 4.39 Å². The first kappa shape index (κ1) is 32.7. The van der Waals surface area contributed by atoms with Crippen molar-refractivity contribution in [2.24, 2.45) is 0 Å². The second kappa shape index (κ2) is 12.4. The van der Waals surface area contributed by atoms with Gasteiger partial charge in [-0.15, -0.1) is 0 Å². The summed E-state index contributed by atoms with van der Waals surface area (Å²) in [7, 11) is 0. The fourth-order valence-electron chi connectivity index (χ4n) is 6.42. The summed E-state index contributed by atoms with van der Waals surface area (Å²) in [5.74, 6) is -0.691. The molecule has 1 saturated heterocycles. The molecule has 0 unspecified atom stereocenters. The van der Waals surface area contributed by atoms with Crippen LogP contribution in [-0.4, -0.2) is 62.7 Å². The number of nitrogens with zero attached hydrogens (tertiary/aromatic N) is 4. The molecule has 2 aromatic carbocycles. The molecular formula is C37H43FN4O5. The van der Waals surface area contributed by atoms with E-state index in [0.29, 0.717) is 66.5 Å². The second-order valence-corrected chi connectivity index (χ2v) is 13.9. The number of fused-ring (bicyclic) bond motifs is 6. The van der Waals surface area contributed by atoms with Gasteiger partial charge < -0.3 is 24.2 Å². The number of aryl methyl sites for hydroxylation is 2. The molecule has 3 aliphatic rings. The highest BCUT2D eigenvalue weighted by Gasteiger charge is 2.38. The van der Waals surface area contributed by atoms with E-state index < -0.39 is 35.2 Å². The fraction of sp³-hybridized carbons (Fsp3) is 0.432. The van der Waals surface area contributed by atoms with E-state index in [-0.39, 0.29) is 5.75 Å². The van der Waals surface area contributed by atoms with Gasteiger partial charge in [-0.25, -0.2) is 14.2 Å². The number of hydrogen-bond acceptors (Lipinski definition) is 7. The molecule has 7 rings (SSSR count). The van der Waals surface area contributed by atoms with Crippen molar-refractivity contribution in [3.05, 3.63) is 77.3 Å². The summed E-state index contributed by atoms with van der Waals surface area (Å²) in [4.78, 5) is 19.8. The Morgan fingerprint density at radius 3 is 2.55 bits per heavy atom. The molecule has 0 aliphatic carbocycles. The maximum Gasteiger partial charge on any atom is 0.337 e. The summed E-state index contributed by atoms with van der Waals surface area (Å²) >= 11 is 0. The Morgan fingerprint density at radius 2 is 1.85 bits per heavy atom. The van der Waals surface area contributed by atoms with Crippen molar-refractivity contribution < 1.29 is 28.5 Å². The molecule has 5 heterocycles. The van der Waals surface area contributed by atoms with E-state index in [9.17, 15) is 9.90 Å². The highest BCUT2D eigenvalue weighted by atomic mass is 19.1. The van der Waals surface area contributed by atoms with Crippen molar-refractivity contribution in [3.8, 4) is 28.1 Å². The third-order valence-corrected chi connectivity index (χ3v) is 8.78. The highest BCUT2D eigenvalue weighted by molar-refractivity contribution is 5.80. The summed E-state index contributed by atoms with van der Waals surface area (Å²) in [6.45, 7) is 14.8. The van der Waals surface area contributed by atoms with Gasteiger partial charge in [0.25, 0.3) is 0 Å². The molecule has 1 fully saturated rings. The molecule has 2 atom stereocenters. The minimum absolute atomic E-state index is 0.180. The first-order chi connectivity index (χ1) is 22.2. The molecule has 6 bridgehead atoms. The largest absolute Gasteiger partial charge is 0.483 e. The molecule has 0 amide bonds. The molecule has 0 spiro atoms. The third-order valence-electron chi connectivity index (χ3n) is 8.78. The SMILES string of the molecule is Cc1cc(F)c2c(c1)-c1cccc(c1)-c1cc3nc(C)c([C@H](OC(C)(C)C)C(=O)O)c(n3n1)N1CCC(C)(CC1)OC/C=C\[C@H](C)O2. The summed E-state index contributed by atoms with van der Waals surface area (Å²) < 4.78 is 35.9. The van der Waals surface area contributed by atoms with Crippen molar-refractivity contribution in [3.63, 3.8) is 0 Å². The van der Waals surface area contributed by atoms with Crippen molar-refractivity contribution in [1.82, 2.24) is 14.6 Å². The quantitative estimate of drug-likeness (QED) is 0.230. The van der Waals surface area contributed by atoms with Gasteiger partial charge in [0, 0.05) is 36.0 Å². The molecule has 1 N–H and O–H groups in total. The number of rotatable bonds is 3. The molecule has 2 aromatic heterocycles. The molecule has 9 nitrogen and oxygen atoms in total. The van der Waals surface area contributed by atoms with E-state index in [1.807, 2.05) is 90.1 Å². The molecule has 3 aliphatic heterocycles. The van der Waals surface area contributed by atoms with Crippen LogP contribution >= 0.6 is 0 Å².